The van der Waals surface area contributed by atoms with E-state index >= 15 is 0 Å². The summed E-state index contributed by atoms with van der Waals surface area (Å²) in [5.41, 5.74) is 5.59. The first-order chi connectivity index (χ1) is 37.3. The SMILES string of the molecule is CC(=O)O.CC1=C(C#N)C(=C(C#N)C#N)OC1(C)C.CCCCN(CCCC)c1ccc(/C=C/C=C/C=C/C2=C(C#N)C(=C(/C)C#N)/OC2(C)C)c(OC)c1.CCCCN(CCCC)c1ccc(/C=C/C=C/C=O)c(OC)c1.N. The molecule has 0 fully saturated rings. The van der Waals surface area contributed by atoms with Crippen LogP contribution in [-0.2, 0) is 19.1 Å². The van der Waals surface area contributed by atoms with Gasteiger partial charge in [-0.25, -0.2) is 0 Å². The number of unbranched alkanes of at least 4 members (excludes halogenated alkanes) is 4. The van der Waals surface area contributed by atoms with Gasteiger partial charge in [0.15, 0.2) is 17.1 Å². The molecule has 0 unspecified atom stereocenters. The number of carbonyl (C=O) groups is 2. The number of aldehydes is 1. The van der Waals surface area contributed by atoms with Crippen LogP contribution in [0.4, 0.5) is 11.4 Å². The van der Waals surface area contributed by atoms with Crippen LogP contribution in [0.15, 0.2) is 130 Å². The van der Waals surface area contributed by atoms with Crippen molar-refractivity contribution in [3.63, 3.8) is 0 Å². The fraction of sp³-hybridized carbons (Fsp3) is 0.422. The number of carbonyl (C=O) groups excluding carboxylic acids is 1. The molecule has 0 radical (unpaired) electrons. The number of nitriles is 5. The molecule has 0 aromatic heterocycles. The van der Waals surface area contributed by atoms with Crippen molar-refractivity contribution in [2.45, 2.75) is 139 Å². The Balaban J connectivity index is 0.00000121. The van der Waals surface area contributed by atoms with Gasteiger partial charge in [0.2, 0.25) is 0 Å². The summed E-state index contributed by atoms with van der Waals surface area (Å²) in [6.45, 7) is 25.0. The maximum absolute atomic E-state index is 10.3. The van der Waals surface area contributed by atoms with Gasteiger partial charge in [-0.1, -0.05) is 108 Å². The highest BCUT2D eigenvalue weighted by Gasteiger charge is 2.38. The predicted octanol–water partition coefficient (Wildman–Crippen LogP) is 14.7. The first kappa shape index (κ1) is 70.5. The van der Waals surface area contributed by atoms with E-state index in [0.29, 0.717) is 16.9 Å². The molecule has 15 nitrogen and oxygen atoms in total. The zero-order chi connectivity index (χ0) is 58.7. The molecule has 2 aliphatic rings. The zero-order valence-electron chi connectivity index (χ0n) is 49.0. The van der Waals surface area contributed by atoms with Crippen molar-refractivity contribution < 1.29 is 33.6 Å². The van der Waals surface area contributed by atoms with Crippen LogP contribution in [0, 0.1) is 56.7 Å². The largest absolute Gasteiger partial charge is 0.496 e. The molecule has 0 spiro atoms. The highest BCUT2D eigenvalue weighted by molar-refractivity contribution is 5.68. The summed E-state index contributed by atoms with van der Waals surface area (Å²) in [6, 6.07) is 22.4. The van der Waals surface area contributed by atoms with Gasteiger partial charge < -0.3 is 40.0 Å². The lowest BCUT2D eigenvalue weighted by Crippen LogP contribution is -2.25. The van der Waals surface area contributed by atoms with Crippen LogP contribution in [0.3, 0.4) is 0 Å². The number of aliphatic carboxylic acids is 1. The van der Waals surface area contributed by atoms with Crippen LogP contribution in [0.5, 0.6) is 11.5 Å². The molecule has 4 N–H and O–H groups in total. The van der Waals surface area contributed by atoms with Gasteiger partial charge in [-0.15, -0.1) is 0 Å². The van der Waals surface area contributed by atoms with Crippen LogP contribution in [0.2, 0.25) is 0 Å². The van der Waals surface area contributed by atoms with E-state index < -0.39 is 17.2 Å². The minimum absolute atomic E-state index is 0. The average molecular weight is 1080 g/mol. The molecule has 0 saturated carbocycles. The zero-order valence-corrected chi connectivity index (χ0v) is 49.0. The molecule has 2 aromatic carbocycles. The van der Waals surface area contributed by atoms with E-state index in [2.05, 4.69) is 86.0 Å². The van der Waals surface area contributed by atoms with Crippen molar-refractivity contribution in [2.75, 3.05) is 50.2 Å². The van der Waals surface area contributed by atoms with E-state index in [1.807, 2.05) is 68.5 Å². The molecule has 4 rings (SSSR count). The molecule has 0 aliphatic carbocycles. The second kappa shape index (κ2) is 38.1. The molecule has 0 bridgehead atoms. The molecule has 0 saturated heterocycles. The van der Waals surface area contributed by atoms with Gasteiger partial charge in [0, 0.05) is 73.3 Å². The summed E-state index contributed by atoms with van der Waals surface area (Å²) in [6.07, 6.45) is 28.8. The molecule has 0 amide bonds. The first-order valence-corrected chi connectivity index (χ1v) is 26.5. The molecule has 2 aromatic rings. The summed E-state index contributed by atoms with van der Waals surface area (Å²) >= 11 is 0. The molecule has 15 heteroatoms. The van der Waals surface area contributed by atoms with Crippen molar-refractivity contribution in [1.29, 1.82) is 26.3 Å². The maximum atomic E-state index is 10.3. The third-order valence-electron chi connectivity index (χ3n) is 12.3. The number of ether oxygens (including phenoxy) is 4. The topological polar surface area (TPSA) is 252 Å². The fourth-order valence-corrected chi connectivity index (χ4v) is 7.70. The second-order valence-corrected chi connectivity index (χ2v) is 19.0. The van der Waals surface area contributed by atoms with Gasteiger partial charge in [-0.05, 0) is 103 Å². The Morgan fingerprint density at radius 2 is 1.00 bits per heavy atom. The van der Waals surface area contributed by atoms with E-state index in [0.717, 1.165) is 73.2 Å². The number of anilines is 2. The lowest BCUT2D eigenvalue weighted by atomic mass is 9.95. The molecule has 2 aliphatic heterocycles. The van der Waals surface area contributed by atoms with Gasteiger partial charge in [0.1, 0.15) is 58.8 Å². The summed E-state index contributed by atoms with van der Waals surface area (Å²) in [5.74, 6) is 1.35. The van der Waals surface area contributed by atoms with Crippen LogP contribution in [0.1, 0.15) is 139 Å². The minimum Gasteiger partial charge on any atom is -0.496 e. The number of carboxylic acid groups (broad SMARTS) is 1. The number of methoxy groups -OCH3 is 2. The number of benzene rings is 2. The highest BCUT2D eigenvalue weighted by atomic mass is 16.5. The number of hydrogen-bond acceptors (Lipinski definition) is 14. The molecule has 79 heavy (non-hydrogen) atoms. The Morgan fingerprint density at radius 3 is 1.35 bits per heavy atom. The minimum atomic E-state index is -0.833. The Bertz CT molecular complexity index is 2790. The molecular weight excluding hydrogens is 993 g/mol. The third kappa shape index (κ3) is 23.3. The van der Waals surface area contributed by atoms with Crippen molar-refractivity contribution in [3.8, 4) is 41.8 Å². The number of hydrogen-bond donors (Lipinski definition) is 2. The standard InChI is InChI=1S/C31H39N3O2.C20H29NO2.C11H9N3O.C2H4O2.H3N/c1-7-9-19-34(20-10-8-2)26-18-17-25(29(21-26)35-6)15-13-11-12-14-16-28-27(23-33)30(24(3)22-32)36-31(28,4)5;1-4-6-14-21(15-7-5-2)19-13-12-18(20(17-19)23-3)11-9-8-10-16-22;1-7-9(6-14)10(8(4-12)5-13)15-11(7,2)3;1-2(3)4;/h11-18,21H,7-10,19-20H2,1-6H3;8-13,16-17H,4-7,14-15H2,1-3H3;1-3H3;1H3,(H,3,4);1H3/b12-11+,15-13+,16-14+,30-24+;10-8+,11-9+;;;. The monoisotopic (exact) mass is 1080 g/mol. The highest BCUT2D eigenvalue weighted by Crippen LogP contribution is 2.41. The first-order valence-electron chi connectivity index (χ1n) is 26.5. The van der Waals surface area contributed by atoms with Gasteiger partial charge in [0.25, 0.3) is 5.97 Å². The Labute approximate surface area is 471 Å². The molecule has 0 atom stereocenters. The maximum Gasteiger partial charge on any atom is 0.300 e. The van der Waals surface area contributed by atoms with Crippen molar-refractivity contribution in [1.82, 2.24) is 6.15 Å². The van der Waals surface area contributed by atoms with Crippen LogP contribution in [0.25, 0.3) is 12.2 Å². The summed E-state index contributed by atoms with van der Waals surface area (Å²) in [7, 11) is 3.40. The summed E-state index contributed by atoms with van der Waals surface area (Å²) < 4.78 is 22.6. The lowest BCUT2D eigenvalue weighted by Gasteiger charge is -2.25. The fourth-order valence-electron chi connectivity index (χ4n) is 7.70. The molecular formula is C64H84N8O7. The number of rotatable bonds is 23. The predicted molar refractivity (Wildman–Crippen MR) is 318 cm³/mol. The van der Waals surface area contributed by atoms with E-state index in [-0.39, 0.29) is 23.1 Å². The van der Waals surface area contributed by atoms with Crippen molar-refractivity contribution in [3.05, 3.63) is 141 Å². The Hall–Kier alpha value is -8.55. The van der Waals surface area contributed by atoms with E-state index in [9.17, 15) is 15.3 Å². The van der Waals surface area contributed by atoms with Gasteiger partial charge in [-0.2, -0.15) is 26.3 Å². The van der Waals surface area contributed by atoms with E-state index in [4.69, 9.17) is 44.6 Å². The van der Waals surface area contributed by atoms with Gasteiger partial charge in [0.05, 0.1) is 31.4 Å². The summed E-state index contributed by atoms with van der Waals surface area (Å²) in [4.78, 5) is 24.2. The second-order valence-electron chi connectivity index (χ2n) is 19.0. The number of allylic oxidation sites excluding steroid dienone is 11. The normalized spacial score (nSPS) is 14.4. The van der Waals surface area contributed by atoms with Gasteiger partial charge in [-0.3, -0.25) is 9.59 Å². The number of nitrogens with zero attached hydrogens (tertiary/aromatic N) is 7. The quantitative estimate of drug-likeness (QED) is 0.0454. The van der Waals surface area contributed by atoms with E-state index in [1.54, 1.807) is 60.1 Å². The average Bonchev–Trinajstić information content (AvgIpc) is 3.84. The Morgan fingerprint density at radius 1 is 0.608 bits per heavy atom. The summed E-state index contributed by atoms with van der Waals surface area (Å²) in [5, 5.41) is 52.6. The lowest BCUT2D eigenvalue weighted by molar-refractivity contribution is -0.134. The van der Waals surface area contributed by atoms with Crippen molar-refractivity contribution in [2.24, 2.45) is 0 Å². The van der Waals surface area contributed by atoms with Gasteiger partial charge >= 0.3 is 0 Å². The third-order valence-corrected chi connectivity index (χ3v) is 12.3. The Kier molecular flexibility index (Phi) is 34.0. The van der Waals surface area contributed by atoms with Crippen LogP contribution >= 0.6 is 0 Å². The molecule has 422 valence electrons. The molecule has 2 heterocycles. The smallest absolute Gasteiger partial charge is 0.300 e. The van der Waals surface area contributed by atoms with Crippen LogP contribution < -0.4 is 25.4 Å². The van der Waals surface area contributed by atoms with Crippen molar-refractivity contribution >= 4 is 35.8 Å². The van der Waals surface area contributed by atoms with E-state index in [1.165, 1.54) is 68.8 Å². The van der Waals surface area contributed by atoms with Crippen LogP contribution in [-0.4, -0.2) is 69.0 Å². The number of carboxylic acids is 1.